The van der Waals surface area contributed by atoms with Crippen LogP contribution in [-0.4, -0.2) is 57.8 Å². The van der Waals surface area contributed by atoms with Crippen LogP contribution in [-0.2, 0) is 0 Å². The molecule has 0 atom stereocenters. The van der Waals surface area contributed by atoms with Crippen molar-refractivity contribution < 1.29 is 14.0 Å². The van der Waals surface area contributed by atoms with Gasteiger partial charge in [0, 0.05) is 43.1 Å². The van der Waals surface area contributed by atoms with Crippen molar-refractivity contribution in [3.8, 4) is 0 Å². The number of hydrogen-bond donors (Lipinski definition) is 1. The first-order valence-electron chi connectivity index (χ1n) is 8.61. The Labute approximate surface area is 150 Å². The molecule has 2 aromatic heterocycles. The molecule has 3 heterocycles. The first-order chi connectivity index (χ1) is 12.5. The van der Waals surface area contributed by atoms with Gasteiger partial charge in [-0.15, -0.1) is 0 Å². The molecular formula is C19H20N4O3. The Bertz CT molecular complexity index is 980. The maximum atomic E-state index is 12.7. The number of nitrogens with one attached hydrogen (secondary N) is 1. The first-order valence-corrected chi connectivity index (χ1v) is 8.61. The van der Waals surface area contributed by atoms with Crippen molar-refractivity contribution in [2.24, 2.45) is 0 Å². The Morgan fingerprint density at radius 3 is 2.38 bits per heavy atom. The van der Waals surface area contributed by atoms with Gasteiger partial charge < -0.3 is 19.2 Å². The topological polar surface area (TPSA) is 82.4 Å². The zero-order chi connectivity index (χ0) is 18.3. The third-order valence-electron chi connectivity index (χ3n) is 4.81. The fourth-order valence-corrected chi connectivity index (χ4v) is 3.40. The fourth-order valence-electron chi connectivity index (χ4n) is 3.40. The number of piperazine rings is 1. The van der Waals surface area contributed by atoms with E-state index in [0.29, 0.717) is 42.9 Å². The van der Waals surface area contributed by atoms with Crippen LogP contribution in [0.4, 0.5) is 0 Å². The number of carbonyl (C=O) groups is 2. The van der Waals surface area contributed by atoms with Crippen LogP contribution < -0.4 is 0 Å². The number of carbonyl (C=O) groups excluding carboxylic acids is 2. The van der Waals surface area contributed by atoms with Gasteiger partial charge in [-0.2, -0.15) is 0 Å². The lowest BCUT2D eigenvalue weighted by Crippen LogP contribution is -2.50. The number of hydrogen-bond acceptors (Lipinski definition) is 4. The lowest BCUT2D eigenvalue weighted by Gasteiger charge is -2.34. The van der Waals surface area contributed by atoms with E-state index >= 15 is 0 Å². The number of fused-ring (bicyclic) bond motifs is 1. The van der Waals surface area contributed by atoms with E-state index in [9.17, 15) is 9.59 Å². The Morgan fingerprint density at radius 2 is 1.73 bits per heavy atom. The number of rotatable bonds is 2. The summed E-state index contributed by atoms with van der Waals surface area (Å²) in [4.78, 5) is 36.2. The zero-order valence-corrected chi connectivity index (χ0v) is 14.8. The summed E-state index contributed by atoms with van der Waals surface area (Å²) in [6.07, 6.45) is 1.37. The molecule has 1 aromatic carbocycles. The number of aromatic nitrogens is 2. The number of H-pyrrole nitrogens is 1. The average Bonchev–Trinajstić information content (AvgIpc) is 3.25. The van der Waals surface area contributed by atoms with Crippen molar-refractivity contribution >= 4 is 22.9 Å². The van der Waals surface area contributed by atoms with Crippen molar-refractivity contribution in [2.75, 3.05) is 26.2 Å². The second-order valence-electron chi connectivity index (χ2n) is 6.61. The molecule has 4 rings (SSSR count). The molecule has 1 N–H and O–H groups in total. The maximum Gasteiger partial charge on any atom is 0.255 e. The third-order valence-corrected chi connectivity index (χ3v) is 4.81. The highest BCUT2D eigenvalue weighted by atomic mass is 16.3. The van der Waals surface area contributed by atoms with Gasteiger partial charge in [-0.1, -0.05) is 0 Å². The van der Waals surface area contributed by atoms with Crippen LogP contribution in [0.25, 0.3) is 11.1 Å². The quantitative estimate of drug-likeness (QED) is 0.768. The van der Waals surface area contributed by atoms with Crippen LogP contribution in [0.2, 0.25) is 0 Å². The highest BCUT2D eigenvalue weighted by molar-refractivity contribution is 5.98. The Kier molecular flexibility index (Phi) is 3.99. The summed E-state index contributed by atoms with van der Waals surface area (Å²) in [5.74, 6) is -0.0360. The van der Waals surface area contributed by atoms with Crippen molar-refractivity contribution in [3.63, 3.8) is 0 Å². The molecule has 3 aromatic rings. The van der Waals surface area contributed by atoms with Crippen LogP contribution in [0.5, 0.6) is 0 Å². The molecule has 1 aliphatic heterocycles. The van der Waals surface area contributed by atoms with E-state index in [4.69, 9.17) is 4.42 Å². The normalized spacial score (nSPS) is 14.8. The van der Waals surface area contributed by atoms with E-state index in [1.807, 2.05) is 19.9 Å². The molecule has 0 unspecified atom stereocenters. The molecule has 0 spiro atoms. The van der Waals surface area contributed by atoms with Gasteiger partial charge in [0.1, 0.15) is 5.52 Å². The monoisotopic (exact) mass is 352 g/mol. The lowest BCUT2D eigenvalue weighted by atomic mass is 10.1. The zero-order valence-electron chi connectivity index (χ0n) is 14.8. The van der Waals surface area contributed by atoms with Gasteiger partial charge >= 0.3 is 0 Å². The summed E-state index contributed by atoms with van der Waals surface area (Å²) >= 11 is 0. The number of nitrogens with zero attached hydrogens (tertiary/aromatic N) is 3. The van der Waals surface area contributed by atoms with E-state index in [2.05, 4.69) is 9.97 Å². The average molecular weight is 352 g/mol. The number of oxazole rings is 1. The standard InChI is InChI=1S/C19H20N4O3/c1-12-9-15(13(2)21-12)19(25)23-7-5-22(6-8-23)18(24)14-3-4-16-17(10-14)26-11-20-16/h3-4,9-11,21H,5-8H2,1-2H3. The van der Waals surface area contributed by atoms with Gasteiger partial charge in [0.2, 0.25) is 0 Å². The van der Waals surface area contributed by atoms with E-state index in [-0.39, 0.29) is 11.8 Å². The van der Waals surface area contributed by atoms with Crippen molar-refractivity contribution in [1.82, 2.24) is 19.8 Å². The minimum Gasteiger partial charge on any atom is -0.443 e. The molecule has 0 saturated carbocycles. The summed E-state index contributed by atoms with van der Waals surface area (Å²) in [5.41, 5.74) is 4.47. The smallest absolute Gasteiger partial charge is 0.255 e. The van der Waals surface area contributed by atoms with Gasteiger partial charge in [0.05, 0.1) is 5.56 Å². The highest BCUT2D eigenvalue weighted by Gasteiger charge is 2.27. The molecule has 0 bridgehead atoms. The Hall–Kier alpha value is -3.09. The summed E-state index contributed by atoms with van der Waals surface area (Å²) < 4.78 is 5.27. The number of benzene rings is 1. The van der Waals surface area contributed by atoms with Crippen LogP contribution in [0, 0.1) is 13.8 Å². The van der Waals surface area contributed by atoms with Crippen molar-refractivity contribution in [3.05, 3.63) is 53.2 Å². The second-order valence-corrected chi connectivity index (χ2v) is 6.61. The summed E-state index contributed by atoms with van der Waals surface area (Å²) in [6, 6.07) is 7.13. The van der Waals surface area contributed by atoms with Gasteiger partial charge in [-0.3, -0.25) is 9.59 Å². The number of aromatic amines is 1. The van der Waals surface area contributed by atoms with Gasteiger partial charge in [-0.25, -0.2) is 4.98 Å². The van der Waals surface area contributed by atoms with Gasteiger partial charge in [0.25, 0.3) is 11.8 Å². The van der Waals surface area contributed by atoms with Crippen LogP contribution in [0.3, 0.4) is 0 Å². The minimum atomic E-state index is -0.0518. The molecule has 2 amide bonds. The third kappa shape index (κ3) is 2.85. The molecule has 1 aliphatic rings. The maximum absolute atomic E-state index is 12.7. The van der Waals surface area contributed by atoms with Gasteiger partial charge in [-0.05, 0) is 38.1 Å². The molecule has 7 heteroatoms. The largest absolute Gasteiger partial charge is 0.443 e. The SMILES string of the molecule is Cc1cc(C(=O)N2CCN(C(=O)c3ccc4ncoc4c3)CC2)c(C)[nH]1. The Morgan fingerprint density at radius 1 is 1.04 bits per heavy atom. The minimum absolute atomic E-state index is 0.0158. The number of aryl methyl sites for hydroxylation is 2. The summed E-state index contributed by atoms with van der Waals surface area (Å²) in [7, 11) is 0. The molecule has 1 saturated heterocycles. The summed E-state index contributed by atoms with van der Waals surface area (Å²) in [5, 5.41) is 0. The lowest BCUT2D eigenvalue weighted by molar-refractivity contribution is 0.0535. The predicted molar refractivity (Wildman–Crippen MR) is 96.1 cm³/mol. The molecule has 1 fully saturated rings. The van der Waals surface area contributed by atoms with Crippen LogP contribution in [0.1, 0.15) is 32.1 Å². The van der Waals surface area contributed by atoms with Crippen molar-refractivity contribution in [2.45, 2.75) is 13.8 Å². The predicted octanol–water partition coefficient (Wildman–Crippen LogP) is 2.37. The molecule has 0 radical (unpaired) electrons. The molecule has 26 heavy (non-hydrogen) atoms. The van der Waals surface area contributed by atoms with Crippen molar-refractivity contribution in [1.29, 1.82) is 0 Å². The highest BCUT2D eigenvalue weighted by Crippen LogP contribution is 2.18. The second kappa shape index (κ2) is 6.33. The fraction of sp³-hybridized carbons (Fsp3) is 0.316. The first kappa shape index (κ1) is 16.4. The van der Waals surface area contributed by atoms with E-state index in [1.54, 1.807) is 28.0 Å². The number of amides is 2. The molecule has 0 aliphatic carbocycles. The van der Waals surface area contributed by atoms with E-state index < -0.39 is 0 Å². The van der Waals surface area contributed by atoms with E-state index in [1.165, 1.54) is 6.39 Å². The van der Waals surface area contributed by atoms with E-state index in [0.717, 1.165) is 16.9 Å². The molecule has 7 nitrogen and oxygen atoms in total. The summed E-state index contributed by atoms with van der Waals surface area (Å²) in [6.45, 7) is 5.92. The van der Waals surface area contributed by atoms with Gasteiger partial charge in [0.15, 0.2) is 12.0 Å². The molecular weight excluding hydrogens is 332 g/mol. The molecule has 134 valence electrons. The van der Waals surface area contributed by atoms with Crippen LogP contribution in [0.15, 0.2) is 35.1 Å². The van der Waals surface area contributed by atoms with Crippen LogP contribution >= 0.6 is 0 Å². The Balaban J connectivity index is 1.43.